The summed E-state index contributed by atoms with van der Waals surface area (Å²) < 4.78 is 36.8. The van der Waals surface area contributed by atoms with E-state index in [0.717, 1.165) is 0 Å². The Morgan fingerprint density at radius 2 is 1.88 bits per heavy atom. The van der Waals surface area contributed by atoms with Crippen molar-refractivity contribution in [2.45, 2.75) is 0 Å². The average molecular weight is 308 g/mol. The van der Waals surface area contributed by atoms with Gasteiger partial charge in [0.1, 0.15) is 5.82 Å². The van der Waals surface area contributed by atoms with Gasteiger partial charge in [-0.2, -0.15) is 0 Å². The third-order valence-corrected chi connectivity index (χ3v) is 4.70. The van der Waals surface area contributed by atoms with E-state index in [1.165, 1.54) is 6.07 Å². The van der Waals surface area contributed by atoms with Crippen molar-refractivity contribution < 1.29 is 12.8 Å². The molecule has 1 aliphatic rings. The maximum Gasteiger partial charge on any atom is 0.153 e. The first-order valence-corrected chi connectivity index (χ1v) is 7.50. The van der Waals surface area contributed by atoms with Crippen molar-refractivity contribution in [3.8, 4) is 0 Å². The first-order chi connectivity index (χ1) is 7.48. The first-order valence-electron chi connectivity index (χ1n) is 4.88. The van der Waals surface area contributed by atoms with Crippen LogP contribution in [0.15, 0.2) is 22.7 Å². The van der Waals surface area contributed by atoms with E-state index >= 15 is 0 Å². The van der Waals surface area contributed by atoms with E-state index in [-0.39, 0.29) is 17.3 Å². The second kappa shape index (κ2) is 4.33. The molecule has 0 unspecified atom stereocenters. The Morgan fingerprint density at radius 3 is 2.44 bits per heavy atom. The molecule has 0 spiro atoms. The summed E-state index contributed by atoms with van der Waals surface area (Å²) in [5.41, 5.74) is 0.470. The van der Waals surface area contributed by atoms with Gasteiger partial charge in [0, 0.05) is 17.6 Å². The molecule has 16 heavy (non-hydrogen) atoms. The highest BCUT2D eigenvalue weighted by Crippen LogP contribution is 2.24. The Labute approximate surface area is 102 Å². The van der Waals surface area contributed by atoms with Gasteiger partial charge >= 0.3 is 0 Å². The van der Waals surface area contributed by atoms with E-state index in [0.29, 0.717) is 23.2 Å². The standard InChI is InChI=1S/C10H11BrFNO2S/c11-8-1-2-10(9(12)7-8)13-3-5-16(14,15)6-4-13/h1-2,7H,3-6H2. The van der Waals surface area contributed by atoms with Crippen LogP contribution in [0.1, 0.15) is 0 Å². The summed E-state index contributed by atoms with van der Waals surface area (Å²) in [4.78, 5) is 1.77. The van der Waals surface area contributed by atoms with Crippen molar-refractivity contribution in [2.75, 3.05) is 29.5 Å². The summed E-state index contributed by atoms with van der Waals surface area (Å²) in [6.45, 7) is 0.724. The van der Waals surface area contributed by atoms with Crippen LogP contribution >= 0.6 is 15.9 Å². The summed E-state index contributed by atoms with van der Waals surface area (Å²) in [6.07, 6.45) is 0. The van der Waals surface area contributed by atoms with Crippen LogP contribution in [0, 0.1) is 5.82 Å². The molecule has 1 heterocycles. The van der Waals surface area contributed by atoms with E-state index in [2.05, 4.69) is 15.9 Å². The average Bonchev–Trinajstić information content (AvgIpc) is 2.19. The smallest absolute Gasteiger partial charge is 0.153 e. The lowest BCUT2D eigenvalue weighted by atomic mass is 10.2. The molecule has 3 nitrogen and oxygen atoms in total. The number of rotatable bonds is 1. The zero-order valence-corrected chi connectivity index (χ0v) is 10.9. The monoisotopic (exact) mass is 307 g/mol. The molecule has 0 bridgehead atoms. The maximum atomic E-state index is 13.6. The number of anilines is 1. The zero-order valence-electron chi connectivity index (χ0n) is 8.49. The maximum absolute atomic E-state index is 13.6. The lowest BCUT2D eigenvalue weighted by Crippen LogP contribution is -2.40. The summed E-state index contributed by atoms with van der Waals surface area (Å²) in [7, 11) is -2.92. The van der Waals surface area contributed by atoms with Gasteiger partial charge in [-0.05, 0) is 18.2 Å². The van der Waals surface area contributed by atoms with Crippen LogP contribution in [-0.2, 0) is 9.84 Å². The summed E-state index contributed by atoms with van der Waals surface area (Å²) in [6, 6.07) is 4.80. The van der Waals surface area contributed by atoms with Gasteiger partial charge in [0.05, 0.1) is 17.2 Å². The molecule has 1 aromatic carbocycles. The molecule has 1 saturated heterocycles. The highest BCUT2D eigenvalue weighted by atomic mass is 79.9. The van der Waals surface area contributed by atoms with Gasteiger partial charge < -0.3 is 4.90 Å². The van der Waals surface area contributed by atoms with Crippen LogP contribution < -0.4 is 4.90 Å². The zero-order chi connectivity index (χ0) is 11.8. The van der Waals surface area contributed by atoms with E-state index in [1.54, 1.807) is 17.0 Å². The lowest BCUT2D eigenvalue weighted by Gasteiger charge is -2.29. The second-order valence-corrected chi connectivity index (χ2v) is 6.95. The van der Waals surface area contributed by atoms with Gasteiger partial charge in [-0.25, -0.2) is 12.8 Å². The van der Waals surface area contributed by atoms with Crippen molar-refractivity contribution >= 4 is 31.5 Å². The number of hydrogen-bond donors (Lipinski definition) is 0. The Morgan fingerprint density at radius 1 is 1.25 bits per heavy atom. The minimum atomic E-state index is -2.92. The Balaban J connectivity index is 2.20. The molecule has 1 aromatic rings. The van der Waals surface area contributed by atoms with Gasteiger partial charge in [-0.15, -0.1) is 0 Å². The quantitative estimate of drug-likeness (QED) is 0.794. The Bertz CT molecular complexity index is 490. The van der Waals surface area contributed by atoms with Crippen molar-refractivity contribution in [3.05, 3.63) is 28.5 Å². The SMILES string of the molecule is O=S1(=O)CCN(c2ccc(Br)cc2F)CC1. The summed E-state index contributed by atoms with van der Waals surface area (Å²) in [5.74, 6) is -0.126. The van der Waals surface area contributed by atoms with Crippen molar-refractivity contribution in [2.24, 2.45) is 0 Å². The lowest BCUT2D eigenvalue weighted by molar-refractivity contribution is 0.581. The molecule has 1 fully saturated rings. The fourth-order valence-electron chi connectivity index (χ4n) is 1.69. The first kappa shape index (κ1) is 11.9. The number of nitrogens with zero attached hydrogens (tertiary/aromatic N) is 1. The molecule has 0 aliphatic carbocycles. The third-order valence-electron chi connectivity index (χ3n) is 2.59. The minimum Gasteiger partial charge on any atom is -0.367 e. The van der Waals surface area contributed by atoms with Crippen LogP contribution in [0.3, 0.4) is 0 Å². The molecule has 2 rings (SSSR count). The van der Waals surface area contributed by atoms with Gasteiger partial charge in [0.25, 0.3) is 0 Å². The van der Waals surface area contributed by atoms with Gasteiger partial charge in [0.15, 0.2) is 9.84 Å². The molecular formula is C10H11BrFNO2S. The van der Waals surface area contributed by atoms with Crippen LogP contribution in [-0.4, -0.2) is 33.0 Å². The highest BCUT2D eigenvalue weighted by Gasteiger charge is 2.23. The van der Waals surface area contributed by atoms with E-state index in [4.69, 9.17) is 0 Å². The Hall–Kier alpha value is -0.620. The van der Waals surface area contributed by atoms with Gasteiger partial charge in [-0.3, -0.25) is 0 Å². The minimum absolute atomic E-state index is 0.0997. The van der Waals surface area contributed by atoms with Crippen LogP contribution in [0.4, 0.5) is 10.1 Å². The molecule has 0 aromatic heterocycles. The van der Waals surface area contributed by atoms with E-state index in [9.17, 15) is 12.8 Å². The number of sulfone groups is 1. The van der Waals surface area contributed by atoms with Crippen LogP contribution in [0.25, 0.3) is 0 Å². The van der Waals surface area contributed by atoms with Crippen molar-refractivity contribution in [3.63, 3.8) is 0 Å². The fraction of sp³-hybridized carbons (Fsp3) is 0.400. The van der Waals surface area contributed by atoms with Crippen molar-refractivity contribution in [1.82, 2.24) is 0 Å². The number of hydrogen-bond acceptors (Lipinski definition) is 3. The van der Waals surface area contributed by atoms with Gasteiger partial charge in [0.2, 0.25) is 0 Å². The fourth-order valence-corrected chi connectivity index (χ4v) is 3.23. The van der Waals surface area contributed by atoms with Crippen LogP contribution in [0.5, 0.6) is 0 Å². The molecule has 1 aliphatic heterocycles. The van der Waals surface area contributed by atoms with E-state index < -0.39 is 9.84 Å². The van der Waals surface area contributed by atoms with Gasteiger partial charge in [-0.1, -0.05) is 15.9 Å². The molecule has 88 valence electrons. The normalized spacial score (nSPS) is 19.8. The highest BCUT2D eigenvalue weighted by molar-refractivity contribution is 9.10. The predicted molar refractivity (Wildman–Crippen MR) is 65.0 cm³/mol. The number of halogens is 2. The molecular weight excluding hydrogens is 297 g/mol. The molecule has 0 amide bonds. The van der Waals surface area contributed by atoms with Crippen LogP contribution in [0.2, 0.25) is 0 Å². The number of benzene rings is 1. The third kappa shape index (κ3) is 2.55. The van der Waals surface area contributed by atoms with Crippen molar-refractivity contribution in [1.29, 1.82) is 0 Å². The van der Waals surface area contributed by atoms with E-state index in [1.807, 2.05) is 0 Å². The molecule has 0 saturated carbocycles. The summed E-state index contributed by atoms with van der Waals surface area (Å²) in [5, 5.41) is 0. The Kier molecular flexibility index (Phi) is 3.21. The second-order valence-electron chi connectivity index (χ2n) is 3.73. The molecule has 6 heteroatoms. The molecule has 0 N–H and O–H groups in total. The predicted octanol–water partition coefficient (Wildman–Crippen LogP) is 1.82. The molecule has 0 radical (unpaired) electrons. The summed E-state index contributed by atoms with van der Waals surface area (Å²) >= 11 is 3.18. The largest absolute Gasteiger partial charge is 0.367 e. The topological polar surface area (TPSA) is 37.4 Å². The molecule has 0 atom stereocenters.